The van der Waals surface area contributed by atoms with Crippen molar-refractivity contribution in [1.82, 2.24) is 10.9 Å². The normalized spacial score (nSPS) is 19.6. The maximum Gasteiger partial charge on any atom is 0.243 e. The summed E-state index contributed by atoms with van der Waals surface area (Å²) in [7, 11) is 0. The average molecular weight is 414 g/mol. The molecule has 26 heavy (non-hydrogen) atoms. The van der Waals surface area contributed by atoms with Gasteiger partial charge in [0, 0.05) is 10.5 Å². The van der Waals surface area contributed by atoms with Crippen molar-refractivity contribution in [3.63, 3.8) is 0 Å². The molecule has 2 atom stereocenters. The van der Waals surface area contributed by atoms with Crippen molar-refractivity contribution in [3.05, 3.63) is 76.5 Å². The summed E-state index contributed by atoms with van der Waals surface area (Å²) in [6.07, 6.45) is 0.581. The predicted molar refractivity (Wildman–Crippen MR) is 104 cm³/mol. The molecule has 1 aliphatic heterocycles. The van der Waals surface area contributed by atoms with Crippen LogP contribution in [0, 0.1) is 5.82 Å². The highest BCUT2D eigenvalue weighted by atomic mass is 79.9. The zero-order chi connectivity index (χ0) is 18.1. The number of benzene rings is 3. The van der Waals surface area contributed by atoms with Crippen LogP contribution < -0.4 is 16.2 Å². The summed E-state index contributed by atoms with van der Waals surface area (Å²) in [4.78, 5) is 12.5. The first-order valence-corrected chi connectivity index (χ1v) is 9.16. The Labute approximate surface area is 158 Å². The van der Waals surface area contributed by atoms with E-state index in [0.29, 0.717) is 10.9 Å². The zero-order valence-corrected chi connectivity index (χ0v) is 15.4. The molecule has 1 heterocycles. The Bertz CT molecular complexity index is 973. The average Bonchev–Trinajstić information content (AvgIpc) is 3.13. The molecule has 0 bridgehead atoms. The van der Waals surface area contributed by atoms with Gasteiger partial charge in [0.15, 0.2) is 0 Å². The summed E-state index contributed by atoms with van der Waals surface area (Å²) in [5.74, 6) is -0.731. The molecule has 0 aromatic heterocycles. The molecule has 1 saturated heterocycles. The fourth-order valence-corrected chi connectivity index (χ4v) is 3.63. The van der Waals surface area contributed by atoms with Crippen molar-refractivity contribution in [2.45, 2.75) is 18.5 Å². The molecule has 1 amide bonds. The van der Waals surface area contributed by atoms with Gasteiger partial charge in [-0.1, -0.05) is 58.4 Å². The number of rotatable bonds is 3. The van der Waals surface area contributed by atoms with Gasteiger partial charge in [-0.3, -0.25) is 4.79 Å². The van der Waals surface area contributed by atoms with Gasteiger partial charge in [-0.15, -0.1) is 0 Å². The smallest absolute Gasteiger partial charge is 0.243 e. The van der Waals surface area contributed by atoms with Gasteiger partial charge in [-0.25, -0.2) is 15.2 Å². The van der Waals surface area contributed by atoms with Crippen LogP contribution in [0.3, 0.4) is 0 Å². The molecule has 2 unspecified atom stereocenters. The maximum absolute atomic E-state index is 13.9. The number of carbonyl (C=O) groups excluding carboxylic acids is 1. The first-order valence-electron chi connectivity index (χ1n) is 8.36. The number of carbonyl (C=O) groups is 1. The van der Waals surface area contributed by atoms with E-state index in [2.05, 4.69) is 56.4 Å². The fourth-order valence-electron chi connectivity index (χ4n) is 3.30. The molecule has 3 N–H and O–H groups in total. The van der Waals surface area contributed by atoms with Crippen molar-refractivity contribution >= 4 is 38.3 Å². The summed E-state index contributed by atoms with van der Waals surface area (Å²) in [5, 5.41) is 4.98. The second kappa shape index (κ2) is 7.15. The van der Waals surface area contributed by atoms with E-state index in [9.17, 15) is 9.18 Å². The summed E-state index contributed by atoms with van der Waals surface area (Å²) in [6.45, 7) is 0. The number of amides is 1. The zero-order valence-electron chi connectivity index (χ0n) is 13.8. The number of halogens is 2. The molecule has 4 nitrogen and oxygen atoms in total. The number of fused-ring (bicyclic) bond motifs is 1. The summed E-state index contributed by atoms with van der Waals surface area (Å²) in [6, 6.07) is 18.5. The Morgan fingerprint density at radius 1 is 1.08 bits per heavy atom. The first-order chi connectivity index (χ1) is 12.6. The minimum atomic E-state index is -0.468. The van der Waals surface area contributed by atoms with E-state index in [1.807, 2.05) is 18.2 Å². The van der Waals surface area contributed by atoms with Crippen LogP contribution in [-0.2, 0) is 4.79 Å². The molecule has 4 rings (SSSR count). The highest BCUT2D eigenvalue weighted by molar-refractivity contribution is 9.10. The number of nitrogens with one attached hydrogen (secondary N) is 3. The predicted octanol–water partition coefficient (Wildman–Crippen LogP) is 4.29. The van der Waals surface area contributed by atoms with Gasteiger partial charge in [-0.2, -0.15) is 0 Å². The molecule has 3 aromatic carbocycles. The standard InChI is InChI=1S/C20H17BrFN3O/c21-13-8-9-17(16(22)10-13)23-20(26)19-11-18(24-25-19)15-7-3-5-12-4-1-2-6-14(12)15/h1-10,18-19,24-25H,11H2,(H,23,26). The van der Waals surface area contributed by atoms with E-state index in [1.54, 1.807) is 12.1 Å². The summed E-state index contributed by atoms with van der Waals surface area (Å²) < 4.78 is 14.6. The lowest BCUT2D eigenvalue weighted by molar-refractivity contribution is -0.117. The highest BCUT2D eigenvalue weighted by Gasteiger charge is 2.31. The van der Waals surface area contributed by atoms with Crippen LogP contribution in [0.5, 0.6) is 0 Å². The molecule has 6 heteroatoms. The second-order valence-corrected chi connectivity index (χ2v) is 7.23. The van der Waals surface area contributed by atoms with Crippen molar-refractivity contribution in [2.75, 3.05) is 5.32 Å². The third kappa shape index (κ3) is 3.35. The van der Waals surface area contributed by atoms with Crippen LogP contribution in [0.2, 0.25) is 0 Å². The van der Waals surface area contributed by atoms with Crippen LogP contribution in [0.4, 0.5) is 10.1 Å². The van der Waals surface area contributed by atoms with Gasteiger partial charge in [0.25, 0.3) is 0 Å². The molecule has 3 aromatic rings. The van der Waals surface area contributed by atoms with E-state index in [4.69, 9.17) is 0 Å². The molecule has 132 valence electrons. The van der Waals surface area contributed by atoms with Crippen molar-refractivity contribution < 1.29 is 9.18 Å². The first kappa shape index (κ1) is 17.1. The Hall–Kier alpha value is -2.28. The van der Waals surface area contributed by atoms with Gasteiger partial charge < -0.3 is 5.32 Å². The van der Waals surface area contributed by atoms with Crippen LogP contribution in [0.25, 0.3) is 10.8 Å². The monoisotopic (exact) mass is 413 g/mol. The van der Waals surface area contributed by atoms with E-state index >= 15 is 0 Å². The maximum atomic E-state index is 13.9. The number of anilines is 1. The minimum Gasteiger partial charge on any atom is -0.322 e. The third-order valence-electron chi connectivity index (χ3n) is 4.61. The summed E-state index contributed by atoms with van der Waals surface area (Å²) >= 11 is 3.21. The number of hydrogen-bond acceptors (Lipinski definition) is 3. The highest BCUT2D eigenvalue weighted by Crippen LogP contribution is 2.29. The van der Waals surface area contributed by atoms with E-state index in [-0.39, 0.29) is 17.6 Å². The largest absolute Gasteiger partial charge is 0.322 e. The molecule has 1 fully saturated rings. The number of hydrazine groups is 1. The molecule has 0 spiro atoms. The molecular formula is C20H17BrFN3O. The molecule has 0 radical (unpaired) electrons. The molecule has 0 aliphatic carbocycles. The molecule has 1 aliphatic rings. The molecule has 0 saturated carbocycles. The van der Waals surface area contributed by atoms with Crippen LogP contribution in [0.15, 0.2) is 65.1 Å². The van der Waals surface area contributed by atoms with E-state index in [0.717, 1.165) is 16.3 Å². The van der Waals surface area contributed by atoms with Gasteiger partial charge in [0.1, 0.15) is 11.9 Å². The quantitative estimate of drug-likeness (QED) is 0.600. The second-order valence-electron chi connectivity index (χ2n) is 6.31. The van der Waals surface area contributed by atoms with Gasteiger partial charge in [0.05, 0.1) is 5.69 Å². The van der Waals surface area contributed by atoms with E-state index < -0.39 is 11.9 Å². The van der Waals surface area contributed by atoms with Crippen molar-refractivity contribution in [1.29, 1.82) is 0 Å². The van der Waals surface area contributed by atoms with Gasteiger partial charge in [-0.05, 0) is 41.0 Å². The Morgan fingerprint density at radius 2 is 1.88 bits per heavy atom. The molecular weight excluding hydrogens is 397 g/mol. The lowest BCUT2D eigenvalue weighted by Gasteiger charge is -2.13. The van der Waals surface area contributed by atoms with Crippen LogP contribution in [-0.4, -0.2) is 11.9 Å². The lowest BCUT2D eigenvalue weighted by Crippen LogP contribution is -2.39. The third-order valence-corrected chi connectivity index (χ3v) is 5.10. The number of hydrogen-bond donors (Lipinski definition) is 3. The topological polar surface area (TPSA) is 53.2 Å². The summed E-state index contributed by atoms with van der Waals surface area (Å²) in [5.41, 5.74) is 7.53. The van der Waals surface area contributed by atoms with Crippen molar-refractivity contribution in [2.24, 2.45) is 0 Å². The van der Waals surface area contributed by atoms with Crippen molar-refractivity contribution in [3.8, 4) is 0 Å². The van der Waals surface area contributed by atoms with Gasteiger partial charge >= 0.3 is 0 Å². The Morgan fingerprint density at radius 3 is 2.73 bits per heavy atom. The lowest BCUT2D eigenvalue weighted by atomic mass is 9.96. The van der Waals surface area contributed by atoms with Crippen LogP contribution in [0.1, 0.15) is 18.0 Å². The van der Waals surface area contributed by atoms with Crippen LogP contribution >= 0.6 is 15.9 Å². The SMILES string of the molecule is O=C(Nc1ccc(Br)cc1F)C1CC(c2cccc3ccccc23)NN1. The van der Waals surface area contributed by atoms with Gasteiger partial charge in [0.2, 0.25) is 5.91 Å². The Kier molecular flexibility index (Phi) is 4.72. The minimum absolute atomic E-state index is 0.00612. The van der Waals surface area contributed by atoms with E-state index in [1.165, 1.54) is 6.07 Å². The fraction of sp³-hybridized carbons (Fsp3) is 0.150. The Balaban J connectivity index is 1.50.